The number of hydrogen-bond acceptors (Lipinski definition) is 2. The standard InChI is InChI=1S/C15H20F2N2/c1-11-15-3-2-6-18(15)7-8-19(11)10-12-9-13(16)4-5-14(12)17/h4-5,9,11,15H,2-3,6-8,10H2,1H3/t11-,15-/m1/s1. The summed E-state index contributed by atoms with van der Waals surface area (Å²) in [6, 6.07) is 4.73. The van der Waals surface area contributed by atoms with Crippen LogP contribution >= 0.6 is 0 Å². The van der Waals surface area contributed by atoms with Crippen molar-refractivity contribution in [1.29, 1.82) is 0 Å². The number of nitrogens with zero attached hydrogens (tertiary/aromatic N) is 2. The molecule has 2 aliphatic heterocycles. The van der Waals surface area contributed by atoms with E-state index in [1.54, 1.807) is 0 Å². The molecule has 0 aromatic heterocycles. The van der Waals surface area contributed by atoms with Crippen LogP contribution in [0.5, 0.6) is 0 Å². The second kappa shape index (κ2) is 5.17. The fraction of sp³-hybridized carbons (Fsp3) is 0.600. The molecule has 4 heteroatoms. The van der Waals surface area contributed by atoms with E-state index in [1.165, 1.54) is 37.6 Å². The Balaban J connectivity index is 1.74. The van der Waals surface area contributed by atoms with Gasteiger partial charge in [0.15, 0.2) is 0 Å². The predicted octanol–water partition coefficient (Wildman–Crippen LogP) is 2.63. The van der Waals surface area contributed by atoms with Gasteiger partial charge in [-0.05, 0) is 44.5 Å². The molecule has 0 saturated carbocycles. The van der Waals surface area contributed by atoms with E-state index in [1.807, 2.05) is 0 Å². The topological polar surface area (TPSA) is 6.48 Å². The smallest absolute Gasteiger partial charge is 0.127 e. The lowest BCUT2D eigenvalue weighted by Crippen LogP contribution is -2.55. The van der Waals surface area contributed by atoms with Gasteiger partial charge in [0, 0.05) is 37.3 Å². The molecule has 0 N–H and O–H groups in total. The van der Waals surface area contributed by atoms with Gasteiger partial charge in [-0.2, -0.15) is 0 Å². The molecule has 2 atom stereocenters. The lowest BCUT2D eigenvalue weighted by molar-refractivity contribution is 0.0463. The molecule has 0 unspecified atom stereocenters. The SMILES string of the molecule is C[C@@H]1[C@H]2CCCN2CCN1Cc1cc(F)ccc1F. The van der Waals surface area contributed by atoms with Gasteiger partial charge >= 0.3 is 0 Å². The average Bonchev–Trinajstić information content (AvgIpc) is 2.86. The van der Waals surface area contributed by atoms with Gasteiger partial charge < -0.3 is 0 Å². The Morgan fingerprint density at radius 2 is 2.05 bits per heavy atom. The van der Waals surface area contributed by atoms with Crippen LogP contribution in [0, 0.1) is 11.6 Å². The summed E-state index contributed by atoms with van der Waals surface area (Å²) in [4.78, 5) is 4.81. The van der Waals surface area contributed by atoms with E-state index >= 15 is 0 Å². The highest BCUT2D eigenvalue weighted by Crippen LogP contribution is 2.28. The van der Waals surface area contributed by atoms with Crippen molar-refractivity contribution in [3.8, 4) is 0 Å². The van der Waals surface area contributed by atoms with Crippen molar-refractivity contribution in [2.24, 2.45) is 0 Å². The number of benzene rings is 1. The van der Waals surface area contributed by atoms with Gasteiger partial charge in [-0.15, -0.1) is 0 Å². The third-order valence-electron chi connectivity index (χ3n) is 4.60. The summed E-state index contributed by atoms with van der Waals surface area (Å²) in [5.74, 6) is -0.661. The highest BCUT2D eigenvalue weighted by Gasteiger charge is 2.36. The number of piperazine rings is 1. The normalized spacial score (nSPS) is 28.6. The maximum Gasteiger partial charge on any atom is 0.127 e. The van der Waals surface area contributed by atoms with Gasteiger partial charge in [0.25, 0.3) is 0 Å². The largest absolute Gasteiger partial charge is 0.298 e. The van der Waals surface area contributed by atoms with Crippen LogP contribution in [0.3, 0.4) is 0 Å². The first-order valence-corrected chi connectivity index (χ1v) is 7.07. The fourth-order valence-electron chi connectivity index (χ4n) is 3.49. The molecule has 1 aromatic carbocycles. The molecule has 19 heavy (non-hydrogen) atoms. The van der Waals surface area contributed by atoms with Gasteiger partial charge in [0.1, 0.15) is 11.6 Å². The predicted molar refractivity (Wildman–Crippen MR) is 70.8 cm³/mol. The fourth-order valence-corrected chi connectivity index (χ4v) is 3.49. The maximum atomic E-state index is 13.7. The molecule has 2 heterocycles. The second-order valence-electron chi connectivity index (χ2n) is 5.69. The molecule has 0 bridgehead atoms. The monoisotopic (exact) mass is 266 g/mol. The summed E-state index contributed by atoms with van der Waals surface area (Å²) in [5.41, 5.74) is 0.471. The van der Waals surface area contributed by atoms with E-state index in [0.29, 0.717) is 24.2 Å². The van der Waals surface area contributed by atoms with Gasteiger partial charge in [-0.1, -0.05) is 0 Å². The van der Waals surface area contributed by atoms with Crippen LogP contribution in [0.15, 0.2) is 18.2 Å². The van der Waals surface area contributed by atoms with Crippen LogP contribution in [0.2, 0.25) is 0 Å². The molecule has 0 spiro atoms. The van der Waals surface area contributed by atoms with Crippen LogP contribution in [-0.2, 0) is 6.54 Å². The molecule has 104 valence electrons. The summed E-state index contributed by atoms with van der Waals surface area (Å²) < 4.78 is 26.9. The zero-order chi connectivity index (χ0) is 13.4. The average molecular weight is 266 g/mol. The van der Waals surface area contributed by atoms with Crippen molar-refractivity contribution in [1.82, 2.24) is 9.80 Å². The minimum absolute atomic E-state index is 0.303. The van der Waals surface area contributed by atoms with Crippen molar-refractivity contribution in [3.05, 3.63) is 35.4 Å². The molecule has 0 amide bonds. The quantitative estimate of drug-likeness (QED) is 0.812. The van der Waals surface area contributed by atoms with Crippen LogP contribution < -0.4 is 0 Å². The summed E-state index contributed by atoms with van der Waals surface area (Å²) >= 11 is 0. The van der Waals surface area contributed by atoms with E-state index in [9.17, 15) is 8.78 Å². The highest BCUT2D eigenvalue weighted by molar-refractivity contribution is 5.19. The Morgan fingerprint density at radius 1 is 1.21 bits per heavy atom. The second-order valence-corrected chi connectivity index (χ2v) is 5.69. The van der Waals surface area contributed by atoms with Crippen LogP contribution in [0.4, 0.5) is 8.78 Å². The van der Waals surface area contributed by atoms with E-state index in [-0.39, 0.29) is 11.6 Å². The molecule has 0 aliphatic carbocycles. The Bertz CT molecular complexity index is 463. The molecule has 1 aromatic rings. The van der Waals surface area contributed by atoms with Gasteiger partial charge in [-0.25, -0.2) is 8.78 Å². The summed E-state index contributed by atoms with van der Waals surface area (Å²) in [6.07, 6.45) is 2.49. The van der Waals surface area contributed by atoms with E-state index < -0.39 is 0 Å². The Morgan fingerprint density at radius 3 is 2.89 bits per heavy atom. The molecular weight excluding hydrogens is 246 g/mol. The number of rotatable bonds is 2. The number of fused-ring (bicyclic) bond motifs is 1. The Hall–Kier alpha value is -1.00. The molecule has 2 nitrogen and oxygen atoms in total. The number of hydrogen-bond donors (Lipinski definition) is 0. The van der Waals surface area contributed by atoms with Gasteiger partial charge in [0.2, 0.25) is 0 Å². The first kappa shape index (κ1) is 13.0. The van der Waals surface area contributed by atoms with Gasteiger partial charge in [0.05, 0.1) is 0 Å². The minimum atomic E-state index is -0.358. The summed E-state index contributed by atoms with van der Waals surface area (Å²) in [7, 11) is 0. The summed E-state index contributed by atoms with van der Waals surface area (Å²) in [5, 5.41) is 0. The first-order chi connectivity index (χ1) is 9.15. The van der Waals surface area contributed by atoms with Crippen LogP contribution in [-0.4, -0.2) is 41.5 Å². The lowest BCUT2D eigenvalue weighted by Gasteiger charge is -2.43. The minimum Gasteiger partial charge on any atom is -0.298 e. The molecular formula is C15H20F2N2. The molecule has 2 saturated heterocycles. The molecule has 0 radical (unpaired) electrons. The zero-order valence-electron chi connectivity index (χ0n) is 11.3. The third kappa shape index (κ3) is 2.51. The molecule has 3 rings (SSSR count). The van der Waals surface area contributed by atoms with Crippen LogP contribution in [0.25, 0.3) is 0 Å². The van der Waals surface area contributed by atoms with Crippen molar-refractivity contribution in [2.75, 3.05) is 19.6 Å². The van der Waals surface area contributed by atoms with Crippen molar-refractivity contribution in [3.63, 3.8) is 0 Å². The summed E-state index contributed by atoms with van der Waals surface area (Å²) in [6.45, 7) is 5.89. The highest BCUT2D eigenvalue weighted by atomic mass is 19.1. The molecule has 2 fully saturated rings. The van der Waals surface area contributed by atoms with Crippen LogP contribution in [0.1, 0.15) is 25.3 Å². The van der Waals surface area contributed by atoms with Crippen molar-refractivity contribution < 1.29 is 8.78 Å². The Labute approximate surface area is 113 Å². The van der Waals surface area contributed by atoms with Crippen molar-refractivity contribution in [2.45, 2.75) is 38.4 Å². The number of halogens is 2. The Kier molecular flexibility index (Phi) is 3.54. The van der Waals surface area contributed by atoms with E-state index in [0.717, 1.165) is 13.1 Å². The van der Waals surface area contributed by atoms with Crippen molar-refractivity contribution >= 4 is 0 Å². The molecule has 2 aliphatic rings. The lowest BCUT2D eigenvalue weighted by atomic mass is 10.0. The third-order valence-corrected chi connectivity index (χ3v) is 4.60. The zero-order valence-corrected chi connectivity index (χ0v) is 11.3. The maximum absolute atomic E-state index is 13.7. The first-order valence-electron chi connectivity index (χ1n) is 7.07. The van der Waals surface area contributed by atoms with E-state index in [2.05, 4.69) is 16.7 Å². The van der Waals surface area contributed by atoms with Gasteiger partial charge in [-0.3, -0.25) is 9.80 Å². The van der Waals surface area contributed by atoms with E-state index in [4.69, 9.17) is 0 Å².